The molecule has 1 aromatic rings. The minimum Gasteiger partial charge on any atom is -0.486 e. The van der Waals surface area contributed by atoms with Crippen LogP contribution in [-0.4, -0.2) is 19.8 Å². The van der Waals surface area contributed by atoms with Crippen LogP contribution >= 0.6 is 0 Å². The number of hydrogen-bond donors (Lipinski definition) is 1. The van der Waals surface area contributed by atoms with E-state index < -0.39 is 11.7 Å². The fourth-order valence-electron chi connectivity index (χ4n) is 2.59. The first-order chi connectivity index (χ1) is 9.05. The topological polar surface area (TPSA) is 30.5 Å². The van der Waals surface area contributed by atoms with Crippen molar-refractivity contribution in [2.45, 2.75) is 25.1 Å². The maximum atomic E-state index is 13.1. The standard InChI is InChI=1S/C13H14F3NO2/c14-13(15,16)9-7-12-11(18-4-5-19-12)6-8(9)10-2-1-3-17-10/h6-7,10,17H,1-5H2. The molecule has 1 aromatic carbocycles. The molecule has 0 bridgehead atoms. The Morgan fingerprint density at radius 1 is 1.11 bits per heavy atom. The second kappa shape index (κ2) is 4.59. The molecule has 0 saturated carbocycles. The van der Waals surface area contributed by atoms with E-state index >= 15 is 0 Å². The summed E-state index contributed by atoms with van der Waals surface area (Å²) in [5.41, 5.74) is -0.370. The Kier molecular flexibility index (Phi) is 3.05. The van der Waals surface area contributed by atoms with E-state index in [1.807, 2.05) is 0 Å². The van der Waals surface area contributed by atoms with Crippen LogP contribution in [-0.2, 0) is 6.18 Å². The zero-order chi connectivity index (χ0) is 13.5. The van der Waals surface area contributed by atoms with Gasteiger partial charge in [0.05, 0.1) is 5.56 Å². The SMILES string of the molecule is FC(F)(F)c1cc2c(cc1C1CCCN1)OCCO2. The van der Waals surface area contributed by atoms with Gasteiger partial charge in [-0.05, 0) is 37.1 Å². The number of rotatable bonds is 1. The molecule has 0 spiro atoms. The van der Waals surface area contributed by atoms with Crippen LogP contribution in [0.15, 0.2) is 12.1 Å². The molecular formula is C13H14F3NO2. The van der Waals surface area contributed by atoms with Crippen molar-refractivity contribution in [1.29, 1.82) is 0 Å². The van der Waals surface area contributed by atoms with Crippen molar-refractivity contribution in [2.24, 2.45) is 0 Å². The van der Waals surface area contributed by atoms with E-state index in [0.29, 0.717) is 18.8 Å². The molecule has 1 saturated heterocycles. The fraction of sp³-hybridized carbons (Fsp3) is 0.538. The van der Waals surface area contributed by atoms with Crippen molar-refractivity contribution in [1.82, 2.24) is 5.32 Å². The summed E-state index contributed by atoms with van der Waals surface area (Å²) in [5, 5.41) is 3.10. The summed E-state index contributed by atoms with van der Waals surface area (Å²) >= 11 is 0. The summed E-state index contributed by atoms with van der Waals surface area (Å²) in [5.74, 6) is 0.586. The maximum absolute atomic E-state index is 13.1. The predicted molar refractivity (Wildman–Crippen MR) is 62.4 cm³/mol. The molecule has 1 unspecified atom stereocenters. The van der Waals surface area contributed by atoms with Gasteiger partial charge in [-0.25, -0.2) is 0 Å². The quantitative estimate of drug-likeness (QED) is 0.853. The van der Waals surface area contributed by atoms with Gasteiger partial charge in [-0.15, -0.1) is 0 Å². The molecule has 2 heterocycles. The van der Waals surface area contributed by atoms with Crippen molar-refractivity contribution in [3.63, 3.8) is 0 Å². The van der Waals surface area contributed by atoms with Gasteiger partial charge in [-0.1, -0.05) is 0 Å². The summed E-state index contributed by atoms with van der Waals surface area (Å²) in [6.07, 6.45) is -2.78. The molecule has 0 amide bonds. The average molecular weight is 273 g/mol. The minimum absolute atomic E-state index is 0.181. The Morgan fingerprint density at radius 2 is 1.79 bits per heavy atom. The zero-order valence-electron chi connectivity index (χ0n) is 10.2. The molecule has 2 aliphatic heterocycles. The summed E-state index contributed by atoms with van der Waals surface area (Å²) in [7, 11) is 0. The Labute approximate surface area is 108 Å². The van der Waals surface area contributed by atoms with Crippen molar-refractivity contribution in [3.05, 3.63) is 23.3 Å². The zero-order valence-corrected chi connectivity index (χ0v) is 10.2. The number of halogens is 3. The van der Waals surface area contributed by atoms with Gasteiger partial charge in [0.1, 0.15) is 13.2 Å². The second-order valence-corrected chi connectivity index (χ2v) is 4.73. The van der Waals surface area contributed by atoms with Crippen LogP contribution in [0.1, 0.15) is 30.0 Å². The summed E-state index contributed by atoms with van der Waals surface area (Å²) in [6.45, 7) is 1.40. The van der Waals surface area contributed by atoms with E-state index in [1.54, 1.807) is 0 Å². The number of nitrogens with one attached hydrogen (secondary N) is 1. The lowest BCUT2D eigenvalue weighted by Crippen LogP contribution is -2.21. The highest BCUT2D eigenvalue weighted by molar-refractivity contribution is 5.50. The number of ether oxygens (including phenoxy) is 2. The third-order valence-electron chi connectivity index (χ3n) is 3.46. The number of alkyl halides is 3. The van der Waals surface area contributed by atoms with Gasteiger partial charge in [-0.2, -0.15) is 13.2 Å². The fourth-order valence-corrected chi connectivity index (χ4v) is 2.59. The maximum Gasteiger partial charge on any atom is 0.416 e. The number of hydrogen-bond acceptors (Lipinski definition) is 3. The van der Waals surface area contributed by atoms with E-state index in [1.165, 1.54) is 6.07 Å². The highest BCUT2D eigenvalue weighted by atomic mass is 19.4. The normalized spacial score (nSPS) is 22.6. The Bertz CT molecular complexity index is 482. The highest BCUT2D eigenvalue weighted by Crippen LogP contribution is 2.43. The second-order valence-electron chi connectivity index (χ2n) is 4.73. The molecule has 1 atom stereocenters. The summed E-state index contributed by atoms with van der Waals surface area (Å²) in [4.78, 5) is 0. The van der Waals surface area contributed by atoms with Gasteiger partial charge in [0.15, 0.2) is 11.5 Å². The molecule has 3 nitrogen and oxygen atoms in total. The smallest absolute Gasteiger partial charge is 0.416 e. The Balaban J connectivity index is 2.08. The molecule has 0 aliphatic carbocycles. The molecule has 104 valence electrons. The number of fused-ring (bicyclic) bond motifs is 1. The van der Waals surface area contributed by atoms with Crippen molar-refractivity contribution in [3.8, 4) is 11.5 Å². The van der Waals surface area contributed by atoms with E-state index in [0.717, 1.165) is 19.0 Å². The predicted octanol–water partition coefficient (Wildman–Crippen LogP) is 2.90. The average Bonchev–Trinajstić information content (AvgIpc) is 2.90. The van der Waals surface area contributed by atoms with E-state index in [2.05, 4.69) is 5.32 Å². The van der Waals surface area contributed by atoms with Crippen LogP contribution < -0.4 is 14.8 Å². The largest absolute Gasteiger partial charge is 0.486 e. The first kappa shape index (κ1) is 12.6. The molecule has 3 rings (SSSR count). The summed E-state index contributed by atoms with van der Waals surface area (Å²) in [6, 6.07) is 2.27. The van der Waals surface area contributed by atoms with Gasteiger partial charge < -0.3 is 14.8 Å². The van der Waals surface area contributed by atoms with E-state index in [4.69, 9.17) is 9.47 Å². The van der Waals surface area contributed by atoms with Crippen LogP contribution in [0.2, 0.25) is 0 Å². The Morgan fingerprint density at radius 3 is 2.37 bits per heavy atom. The first-order valence-corrected chi connectivity index (χ1v) is 6.30. The molecule has 2 aliphatic rings. The third-order valence-corrected chi connectivity index (χ3v) is 3.46. The molecule has 19 heavy (non-hydrogen) atoms. The van der Waals surface area contributed by atoms with Gasteiger partial charge in [-0.3, -0.25) is 0 Å². The van der Waals surface area contributed by atoms with Crippen LogP contribution in [0, 0.1) is 0 Å². The van der Waals surface area contributed by atoms with Crippen molar-refractivity contribution >= 4 is 0 Å². The van der Waals surface area contributed by atoms with Crippen LogP contribution in [0.25, 0.3) is 0 Å². The Hall–Kier alpha value is -1.43. The van der Waals surface area contributed by atoms with Crippen molar-refractivity contribution < 1.29 is 22.6 Å². The van der Waals surface area contributed by atoms with E-state index in [-0.39, 0.29) is 24.0 Å². The van der Waals surface area contributed by atoms with Crippen LogP contribution in [0.5, 0.6) is 11.5 Å². The molecule has 1 N–H and O–H groups in total. The van der Waals surface area contributed by atoms with Gasteiger partial charge >= 0.3 is 6.18 Å². The monoisotopic (exact) mass is 273 g/mol. The third kappa shape index (κ3) is 2.36. The van der Waals surface area contributed by atoms with Crippen molar-refractivity contribution in [2.75, 3.05) is 19.8 Å². The number of benzene rings is 1. The lowest BCUT2D eigenvalue weighted by Gasteiger charge is -2.24. The summed E-state index contributed by atoms with van der Waals surface area (Å²) < 4.78 is 50.0. The van der Waals surface area contributed by atoms with Crippen LogP contribution in [0.3, 0.4) is 0 Å². The van der Waals surface area contributed by atoms with Gasteiger partial charge in [0.25, 0.3) is 0 Å². The first-order valence-electron chi connectivity index (χ1n) is 6.30. The highest BCUT2D eigenvalue weighted by Gasteiger charge is 2.37. The molecule has 6 heteroatoms. The molecule has 0 radical (unpaired) electrons. The van der Waals surface area contributed by atoms with Crippen LogP contribution in [0.4, 0.5) is 13.2 Å². The minimum atomic E-state index is -4.38. The molecule has 0 aromatic heterocycles. The molecular weight excluding hydrogens is 259 g/mol. The van der Waals surface area contributed by atoms with Gasteiger partial charge in [0, 0.05) is 6.04 Å². The van der Waals surface area contributed by atoms with E-state index in [9.17, 15) is 13.2 Å². The lowest BCUT2D eigenvalue weighted by molar-refractivity contribution is -0.138. The van der Waals surface area contributed by atoms with Gasteiger partial charge in [0.2, 0.25) is 0 Å². The molecule has 1 fully saturated rings. The lowest BCUT2D eigenvalue weighted by atomic mass is 9.97.